The molecule has 2 heterocycles. The average Bonchev–Trinajstić information content (AvgIpc) is 2.86. The Labute approximate surface area is 138 Å². The van der Waals surface area contributed by atoms with Gasteiger partial charge < -0.3 is 15.3 Å². The van der Waals surface area contributed by atoms with Crippen molar-refractivity contribution in [3.63, 3.8) is 0 Å². The Hall–Kier alpha value is -1.81. The maximum Gasteiger partial charge on any atom is 0.435 e. The summed E-state index contributed by atoms with van der Waals surface area (Å²) in [4.78, 5) is 15.7. The van der Waals surface area contributed by atoms with Crippen molar-refractivity contribution >= 4 is 6.03 Å². The summed E-state index contributed by atoms with van der Waals surface area (Å²) in [5.41, 5.74) is -1.04. The van der Waals surface area contributed by atoms with Gasteiger partial charge in [-0.25, -0.2) is 4.79 Å². The lowest BCUT2D eigenvalue weighted by Gasteiger charge is -2.35. The SMILES string of the molecule is C[C@H](O)CN1CCN(C(=O)NCc2cn(C)nc2C(F)(F)F)CC1. The number of aliphatic hydroxyl groups is 1. The number of carbonyl (C=O) groups is 1. The van der Waals surface area contributed by atoms with Gasteiger partial charge in [0.25, 0.3) is 0 Å². The van der Waals surface area contributed by atoms with E-state index in [4.69, 9.17) is 0 Å². The predicted molar refractivity (Wildman–Crippen MR) is 80.1 cm³/mol. The number of halogens is 3. The monoisotopic (exact) mass is 349 g/mol. The number of urea groups is 1. The van der Waals surface area contributed by atoms with Crippen molar-refractivity contribution in [2.24, 2.45) is 7.05 Å². The van der Waals surface area contributed by atoms with Crippen molar-refractivity contribution in [1.82, 2.24) is 24.9 Å². The van der Waals surface area contributed by atoms with E-state index in [-0.39, 0.29) is 12.1 Å². The van der Waals surface area contributed by atoms with E-state index in [2.05, 4.69) is 10.4 Å². The molecular formula is C14H22F3N5O2. The van der Waals surface area contributed by atoms with Gasteiger partial charge in [0.05, 0.1) is 6.10 Å². The van der Waals surface area contributed by atoms with Crippen LogP contribution in [0, 0.1) is 0 Å². The molecule has 0 radical (unpaired) electrons. The molecule has 7 nitrogen and oxygen atoms in total. The first kappa shape index (κ1) is 18.5. The van der Waals surface area contributed by atoms with Gasteiger partial charge in [0.15, 0.2) is 5.69 Å². The summed E-state index contributed by atoms with van der Waals surface area (Å²) >= 11 is 0. The van der Waals surface area contributed by atoms with Crippen LogP contribution in [0.5, 0.6) is 0 Å². The van der Waals surface area contributed by atoms with Crippen LogP contribution in [0.2, 0.25) is 0 Å². The Morgan fingerprint density at radius 2 is 2.00 bits per heavy atom. The molecular weight excluding hydrogens is 327 g/mol. The molecule has 1 aromatic heterocycles. The highest BCUT2D eigenvalue weighted by Crippen LogP contribution is 2.30. The molecule has 1 aliphatic heterocycles. The van der Waals surface area contributed by atoms with E-state index in [1.54, 1.807) is 11.8 Å². The molecule has 1 aliphatic rings. The van der Waals surface area contributed by atoms with Crippen LogP contribution >= 0.6 is 0 Å². The number of alkyl halides is 3. The molecule has 0 bridgehead atoms. The summed E-state index contributed by atoms with van der Waals surface area (Å²) in [6.45, 7) is 4.20. The topological polar surface area (TPSA) is 73.6 Å². The zero-order chi connectivity index (χ0) is 17.9. The quantitative estimate of drug-likeness (QED) is 0.837. The molecule has 10 heteroatoms. The Bertz CT molecular complexity index is 565. The van der Waals surface area contributed by atoms with Crippen molar-refractivity contribution in [2.45, 2.75) is 25.7 Å². The van der Waals surface area contributed by atoms with Crippen LogP contribution in [0.3, 0.4) is 0 Å². The molecule has 2 N–H and O–H groups in total. The lowest BCUT2D eigenvalue weighted by Crippen LogP contribution is -2.52. The molecule has 0 aliphatic carbocycles. The number of rotatable bonds is 4. The third kappa shape index (κ3) is 4.84. The smallest absolute Gasteiger partial charge is 0.392 e. The summed E-state index contributed by atoms with van der Waals surface area (Å²) in [5.74, 6) is 0. The van der Waals surface area contributed by atoms with Gasteiger partial charge in [-0.1, -0.05) is 0 Å². The standard InChI is InChI=1S/C14H22F3N5O2/c1-10(23)8-21-3-5-22(6-4-21)13(24)18-7-11-9-20(2)19-12(11)14(15,16)17/h9-10,23H,3-8H2,1-2H3,(H,18,24)/t10-/m0/s1. The van der Waals surface area contributed by atoms with Crippen molar-refractivity contribution in [1.29, 1.82) is 0 Å². The second-order valence-electron chi connectivity index (χ2n) is 5.97. The minimum Gasteiger partial charge on any atom is -0.392 e. The van der Waals surface area contributed by atoms with Gasteiger partial charge >= 0.3 is 12.2 Å². The molecule has 1 saturated heterocycles. The number of aromatic nitrogens is 2. The zero-order valence-electron chi connectivity index (χ0n) is 13.7. The van der Waals surface area contributed by atoms with Crippen LogP contribution in [0.1, 0.15) is 18.2 Å². The molecule has 1 fully saturated rings. The van der Waals surface area contributed by atoms with Gasteiger partial charge in [0, 0.05) is 58.1 Å². The van der Waals surface area contributed by atoms with Crippen molar-refractivity contribution < 1.29 is 23.1 Å². The second-order valence-corrected chi connectivity index (χ2v) is 5.97. The Morgan fingerprint density at radius 1 is 1.38 bits per heavy atom. The van der Waals surface area contributed by atoms with E-state index in [1.165, 1.54) is 13.2 Å². The highest BCUT2D eigenvalue weighted by molar-refractivity contribution is 5.74. The largest absolute Gasteiger partial charge is 0.435 e. The highest BCUT2D eigenvalue weighted by atomic mass is 19.4. The molecule has 2 amide bonds. The van der Waals surface area contributed by atoms with Crippen LogP contribution in [0.4, 0.5) is 18.0 Å². The van der Waals surface area contributed by atoms with Crippen LogP contribution in [0.25, 0.3) is 0 Å². The number of hydrogen-bond acceptors (Lipinski definition) is 4. The first-order valence-electron chi connectivity index (χ1n) is 7.69. The maximum atomic E-state index is 12.9. The van der Waals surface area contributed by atoms with Crippen LogP contribution < -0.4 is 5.32 Å². The third-order valence-corrected chi connectivity index (χ3v) is 3.79. The molecule has 0 saturated carbocycles. The first-order valence-corrected chi connectivity index (χ1v) is 7.69. The van der Waals surface area contributed by atoms with E-state index in [0.717, 1.165) is 4.68 Å². The normalized spacial score (nSPS) is 17.8. The van der Waals surface area contributed by atoms with Crippen molar-refractivity contribution in [3.8, 4) is 0 Å². The minimum absolute atomic E-state index is 0.0638. The zero-order valence-corrected chi connectivity index (χ0v) is 13.7. The summed E-state index contributed by atoms with van der Waals surface area (Å²) in [6, 6.07) is -0.399. The van der Waals surface area contributed by atoms with Crippen molar-refractivity contribution in [2.75, 3.05) is 32.7 Å². The Morgan fingerprint density at radius 3 is 2.54 bits per heavy atom. The van der Waals surface area contributed by atoms with Gasteiger partial charge in [-0.3, -0.25) is 9.58 Å². The van der Waals surface area contributed by atoms with Gasteiger partial charge in [-0.05, 0) is 6.92 Å². The Kier molecular flexibility index (Phi) is 5.70. The maximum absolute atomic E-state index is 12.9. The fourth-order valence-electron chi connectivity index (χ4n) is 2.70. The number of piperazine rings is 1. The number of β-amino-alcohol motifs (C(OH)–C–C–N with tert-alkyl or cyclic N) is 1. The molecule has 136 valence electrons. The number of nitrogens with zero attached hydrogens (tertiary/aromatic N) is 4. The number of hydrogen-bond donors (Lipinski definition) is 2. The fraction of sp³-hybridized carbons (Fsp3) is 0.714. The molecule has 24 heavy (non-hydrogen) atoms. The van der Waals surface area contributed by atoms with Gasteiger partial charge in [0.1, 0.15) is 0 Å². The minimum atomic E-state index is -4.55. The number of carbonyl (C=O) groups excluding carboxylic acids is 1. The molecule has 0 unspecified atom stereocenters. The summed E-state index contributed by atoms with van der Waals surface area (Å²) in [5, 5.41) is 15.3. The number of aliphatic hydroxyl groups excluding tert-OH is 1. The first-order chi connectivity index (χ1) is 11.2. The van der Waals surface area contributed by atoms with Crippen LogP contribution in [-0.2, 0) is 19.8 Å². The summed E-state index contributed by atoms with van der Waals surface area (Å²) in [6.07, 6.45) is -3.73. The number of nitrogens with one attached hydrogen (secondary N) is 1. The average molecular weight is 349 g/mol. The fourth-order valence-corrected chi connectivity index (χ4v) is 2.70. The lowest BCUT2D eigenvalue weighted by molar-refractivity contribution is -0.142. The lowest BCUT2D eigenvalue weighted by atomic mass is 10.2. The molecule has 1 atom stereocenters. The molecule has 1 aromatic rings. The van der Waals surface area contributed by atoms with Crippen molar-refractivity contribution in [3.05, 3.63) is 17.5 Å². The Balaban J connectivity index is 1.86. The van der Waals surface area contributed by atoms with E-state index in [0.29, 0.717) is 32.7 Å². The molecule has 0 aromatic carbocycles. The van der Waals surface area contributed by atoms with Crippen LogP contribution in [-0.4, -0.2) is 69.5 Å². The predicted octanol–water partition coefficient (Wildman–Crippen LogP) is 0.647. The van der Waals surface area contributed by atoms with Gasteiger partial charge in [-0.2, -0.15) is 18.3 Å². The third-order valence-electron chi connectivity index (χ3n) is 3.79. The number of aryl methyl sites for hydroxylation is 1. The summed E-state index contributed by atoms with van der Waals surface area (Å²) in [7, 11) is 1.40. The van der Waals surface area contributed by atoms with E-state index < -0.39 is 24.0 Å². The summed E-state index contributed by atoms with van der Waals surface area (Å²) < 4.78 is 39.7. The number of amides is 2. The molecule has 0 spiro atoms. The molecule has 2 rings (SSSR count). The van der Waals surface area contributed by atoms with Crippen LogP contribution in [0.15, 0.2) is 6.20 Å². The van der Waals surface area contributed by atoms with Gasteiger partial charge in [-0.15, -0.1) is 0 Å². The second kappa shape index (κ2) is 7.39. The highest BCUT2D eigenvalue weighted by Gasteiger charge is 2.37. The van der Waals surface area contributed by atoms with Gasteiger partial charge in [0.2, 0.25) is 0 Å². The van der Waals surface area contributed by atoms with E-state index >= 15 is 0 Å². The van der Waals surface area contributed by atoms with E-state index in [9.17, 15) is 23.1 Å². The van der Waals surface area contributed by atoms with E-state index in [1.807, 2.05) is 4.90 Å².